The maximum Gasteiger partial charge on any atom is 0.325 e. The summed E-state index contributed by atoms with van der Waals surface area (Å²) in [4.78, 5) is 51.1. The summed E-state index contributed by atoms with van der Waals surface area (Å²) in [6.45, 7) is 12.0. The second-order valence-electron chi connectivity index (χ2n) is 15.1. The maximum absolute atomic E-state index is 13.2. The second kappa shape index (κ2) is 16.3. The first-order chi connectivity index (χ1) is 23.4. The van der Waals surface area contributed by atoms with Gasteiger partial charge in [0.15, 0.2) is 5.82 Å². The van der Waals surface area contributed by atoms with Crippen LogP contribution in [0.2, 0.25) is 0 Å². The zero-order valence-corrected chi connectivity index (χ0v) is 30.5. The molecule has 2 atom stereocenters. The van der Waals surface area contributed by atoms with Crippen LogP contribution >= 0.6 is 11.3 Å². The lowest BCUT2D eigenvalue weighted by Gasteiger charge is -2.39. The van der Waals surface area contributed by atoms with E-state index in [0.29, 0.717) is 10.7 Å². The van der Waals surface area contributed by atoms with Crippen LogP contribution in [-0.4, -0.2) is 58.0 Å². The number of carbonyl (C=O) groups is 3. The lowest BCUT2D eigenvalue weighted by atomic mass is 9.72. The van der Waals surface area contributed by atoms with Crippen molar-refractivity contribution in [2.45, 2.75) is 110 Å². The third-order valence-electron chi connectivity index (χ3n) is 10.4. The molecule has 0 radical (unpaired) electrons. The zero-order chi connectivity index (χ0) is 35.1. The Labute approximate surface area is 295 Å². The van der Waals surface area contributed by atoms with Gasteiger partial charge in [0.25, 0.3) is 5.91 Å². The number of nitrogens with one attached hydrogen (secondary N) is 2. The molecule has 0 spiro atoms. The molecular formula is C39H53N5O4S. The standard InChI is InChI=1S/C39H53N5O4S/c1-6-7-26-8-12-28(13-9-26)29-18-20-44(21-19-29)31-23-40-35(41-24-31)30-14-10-27(11-15-30)22-32(36(45)42-25(2)38(47)48)43-37(46)33-16-17-34(49-33)39(3,4)5/h10-11,14-17,23-26,28-29,32H,6-9,12-13,18-22H2,1-5H3,(H,42,45)(H,43,46)(H,47,48)/t25-,26-,28-,32+/m1/s1. The highest BCUT2D eigenvalue weighted by atomic mass is 32.1. The SMILES string of the molecule is CCC[C@H]1CC[C@H](C2CCN(c3cnc(-c4ccc(C[C@H](NC(=O)c5ccc(C(C)(C)C)s5)C(=O)N[C@H](C)C(=O)O)cc4)nc3)CC2)CC1. The fourth-order valence-corrected chi connectivity index (χ4v) is 8.29. The monoisotopic (exact) mass is 687 g/mol. The van der Waals surface area contributed by atoms with Gasteiger partial charge in [0.1, 0.15) is 12.1 Å². The van der Waals surface area contributed by atoms with E-state index in [4.69, 9.17) is 9.97 Å². The molecule has 264 valence electrons. The van der Waals surface area contributed by atoms with Gasteiger partial charge in [-0.15, -0.1) is 11.3 Å². The zero-order valence-electron chi connectivity index (χ0n) is 29.7. The Balaban J connectivity index is 1.18. The van der Waals surface area contributed by atoms with Gasteiger partial charge in [0, 0.05) is 30.0 Å². The summed E-state index contributed by atoms with van der Waals surface area (Å²) < 4.78 is 0. The number of hydrogen-bond acceptors (Lipinski definition) is 7. The summed E-state index contributed by atoms with van der Waals surface area (Å²) in [5, 5.41) is 14.7. The number of aliphatic carboxylic acids is 1. The molecular weight excluding hydrogens is 635 g/mol. The smallest absolute Gasteiger partial charge is 0.325 e. The summed E-state index contributed by atoms with van der Waals surface area (Å²) in [6, 6.07) is 9.24. The Hall–Kier alpha value is -3.79. The maximum atomic E-state index is 13.2. The van der Waals surface area contributed by atoms with Crippen LogP contribution in [0.4, 0.5) is 5.69 Å². The second-order valence-corrected chi connectivity index (χ2v) is 16.2. The Morgan fingerprint density at radius 2 is 1.55 bits per heavy atom. The van der Waals surface area contributed by atoms with Gasteiger partial charge < -0.3 is 20.6 Å². The van der Waals surface area contributed by atoms with Crippen molar-refractivity contribution < 1.29 is 19.5 Å². The van der Waals surface area contributed by atoms with E-state index in [2.05, 4.69) is 43.2 Å². The van der Waals surface area contributed by atoms with E-state index < -0.39 is 24.0 Å². The number of benzene rings is 1. The molecule has 0 bridgehead atoms. The van der Waals surface area contributed by atoms with Crippen LogP contribution in [0.15, 0.2) is 48.8 Å². The van der Waals surface area contributed by atoms with Gasteiger partial charge in [-0.05, 0) is 73.5 Å². The number of thiophene rings is 1. The van der Waals surface area contributed by atoms with Gasteiger partial charge in [-0.2, -0.15) is 0 Å². The highest BCUT2D eigenvalue weighted by Crippen LogP contribution is 2.39. The molecule has 3 heterocycles. The molecule has 2 amide bonds. The summed E-state index contributed by atoms with van der Waals surface area (Å²) in [6.07, 6.45) is 14.9. The Morgan fingerprint density at radius 1 is 0.918 bits per heavy atom. The molecule has 2 aliphatic rings. The van der Waals surface area contributed by atoms with Crippen LogP contribution in [0.5, 0.6) is 0 Å². The van der Waals surface area contributed by atoms with Gasteiger partial charge in [-0.1, -0.05) is 77.6 Å². The first kappa shape index (κ1) is 36.5. The largest absolute Gasteiger partial charge is 0.480 e. The third kappa shape index (κ3) is 9.68. The van der Waals surface area contributed by atoms with Gasteiger partial charge in [-0.25, -0.2) is 9.97 Å². The number of anilines is 1. The summed E-state index contributed by atoms with van der Waals surface area (Å²) in [7, 11) is 0. The lowest BCUT2D eigenvalue weighted by Crippen LogP contribution is -2.51. The summed E-state index contributed by atoms with van der Waals surface area (Å²) in [5.41, 5.74) is 2.62. The van der Waals surface area contributed by atoms with Crippen LogP contribution in [0, 0.1) is 17.8 Å². The number of hydrogen-bond donors (Lipinski definition) is 3. The molecule has 1 aliphatic carbocycles. The number of aromatic nitrogens is 2. The van der Waals surface area contributed by atoms with Crippen molar-refractivity contribution in [1.29, 1.82) is 0 Å². The van der Waals surface area contributed by atoms with Gasteiger partial charge in [0.2, 0.25) is 5.91 Å². The van der Waals surface area contributed by atoms with E-state index in [0.717, 1.165) is 52.5 Å². The van der Waals surface area contributed by atoms with Crippen molar-refractivity contribution in [3.05, 3.63) is 64.1 Å². The molecule has 1 aromatic carbocycles. The van der Waals surface area contributed by atoms with Crippen molar-refractivity contribution in [2.75, 3.05) is 18.0 Å². The lowest BCUT2D eigenvalue weighted by molar-refractivity contribution is -0.141. The topological polar surface area (TPSA) is 125 Å². The van der Waals surface area contributed by atoms with Crippen molar-refractivity contribution in [2.24, 2.45) is 17.8 Å². The minimum Gasteiger partial charge on any atom is -0.480 e. The summed E-state index contributed by atoms with van der Waals surface area (Å²) >= 11 is 1.39. The van der Waals surface area contributed by atoms with E-state index in [1.807, 2.05) is 42.7 Å². The van der Waals surface area contributed by atoms with Crippen LogP contribution in [0.1, 0.15) is 106 Å². The van der Waals surface area contributed by atoms with Crippen molar-refractivity contribution in [3.63, 3.8) is 0 Å². The van der Waals surface area contributed by atoms with E-state index >= 15 is 0 Å². The molecule has 3 N–H and O–H groups in total. The average molecular weight is 688 g/mol. The quantitative estimate of drug-likeness (QED) is 0.183. The van der Waals surface area contributed by atoms with Gasteiger partial charge in [-0.3, -0.25) is 14.4 Å². The Kier molecular flexibility index (Phi) is 12.1. The number of amides is 2. The third-order valence-corrected chi connectivity index (χ3v) is 11.9. The predicted molar refractivity (Wildman–Crippen MR) is 196 cm³/mol. The average Bonchev–Trinajstić information content (AvgIpc) is 3.61. The number of carboxylic acid groups (broad SMARTS) is 1. The molecule has 2 aromatic heterocycles. The summed E-state index contributed by atoms with van der Waals surface area (Å²) in [5.74, 6) is 1.25. The molecule has 3 aromatic rings. The van der Waals surface area contributed by atoms with Crippen molar-refractivity contribution in [3.8, 4) is 11.4 Å². The minimum absolute atomic E-state index is 0.105. The predicted octanol–water partition coefficient (Wildman–Crippen LogP) is 7.26. The molecule has 0 unspecified atom stereocenters. The van der Waals surface area contributed by atoms with Gasteiger partial charge >= 0.3 is 5.97 Å². The van der Waals surface area contributed by atoms with E-state index in [1.54, 1.807) is 6.07 Å². The molecule has 1 aliphatic heterocycles. The van der Waals surface area contributed by atoms with E-state index in [1.165, 1.54) is 69.6 Å². The number of nitrogens with zero attached hydrogens (tertiary/aromatic N) is 3. The van der Waals surface area contributed by atoms with E-state index in [-0.39, 0.29) is 17.7 Å². The Morgan fingerprint density at radius 3 is 2.12 bits per heavy atom. The van der Waals surface area contributed by atoms with Crippen LogP contribution in [0.25, 0.3) is 11.4 Å². The van der Waals surface area contributed by atoms with Crippen LogP contribution in [-0.2, 0) is 21.4 Å². The molecule has 1 saturated carbocycles. The molecule has 2 fully saturated rings. The highest BCUT2D eigenvalue weighted by Gasteiger charge is 2.31. The van der Waals surface area contributed by atoms with Gasteiger partial charge in [0.05, 0.1) is 23.0 Å². The van der Waals surface area contributed by atoms with Crippen molar-refractivity contribution in [1.82, 2.24) is 20.6 Å². The minimum atomic E-state index is -1.15. The normalized spacial score (nSPS) is 20.0. The number of carbonyl (C=O) groups excluding carboxylic acids is 2. The first-order valence-corrected chi connectivity index (χ1v) is 18.8. The van der Waals surface area contributed by atoms with Crippen molar-refractivity contribution >= 4 is 34.8 Å². The fraction of sp³-hybridized carbons (Fsp3) is 0.564. The number of rotatable bonds is 12. The molecule has 49 heavy (non-hydrogen) atoms. The highest BCUT2D eigenvalue weighted by molar-refractivity contribution is 7.14. The van der Waals surface area contributed by atoms with Crippen LogP contribution in [0.3, 0.4) is 0 Å². The fourth-order valence-electron chi connectivity index (χ4n) is 7.32. The molecule has 5 rings (SSSR count). The van der Waals surface area contributed by atoms with E-state index in [9.17, 15) is 19.5 Å². The molecule has 1 saturated heterocycles. The Bertz CT molecular complexity index is 1550. The van der Waals surface area contributed by atoms with Crippen LogP contribution < -0.4 is 15.5 Å². The first-order valence-electron chi connectivity index (χ1n) is 18.0. The number of piperidine rings is 1. The molecule has 9 nitrogen and oxygen atoms in total. The number of carboxylic acids is 1. The molecule has 10 heteroatoms.